The molecule has 4 heteroatoms. The van der Waals surface area contributed by atoms with Crippen LogP contribution in [0.4, 0.5) is 13.2 Å². The van der Waals surface area contributed by atoms with Gasteiger partial charge in [-0.05, 0) is 28.3 Å². The molecule has 0 radical (unpaired) electrons. The first kappa shape index (κ1) is 14.9. The lowest BCUT2D eigenvalue weighted by atomic mass is 10.0. The van der Waals surface area contributed by atoms with Gasteiger partial charge < -0.3 is 0 Å². The normalized spacial score (nSPS) is 14.9. The molecule has 2 aromatic carbocycles. The van der Waals surface area contributed by atoms with Gasteiger partial charge in [0.1, 0.15) is 0 Å². The molecule has 2 aromatic rings. The Balaban J connectivity index is 1.86. The lowest BCUT2D eigenvalue weighted by Gasteiger charge is -2.19. The standard InChI is InChI=1S/C18H16F3N/c1-2-13-7-8-16(17(9-13)18(19,20)21)12-22-10-14-5-3-4-6-15(14)11-22/h2-9H,1,10-12H2. The summed E-state index contributed by atoms with van der Waals surface area (Å²) in [6.45, 7) is 5.21. The third-order valence-electron chi connectivity index (χ3n) is 3.98. The van der Waals surface area contributed by atoms with E-state index in [1.165, 1.54) is 23.3 Å². The van der Waals surface area contributed by atoms with Gasteiger partial charge in [0.05, 0.1) is 5.56 Å². The van der Waals surface area contributed by atoms with Crippen LogP contribution in [-0.2, 0) is 25.8 Å². The summed E-state index contributed by atoms with van der Waals surface area (Å²) >= 11 is 0. The van der Waals surface area contributed by atoms with Crippen LogP contribution in [0, 0.1) is 0 Å². The summed E-state index contributed by atoms with van der Waals surface area (Å²) in [5, 5.41) is 0. The summed E-state index contributed by atoms with van der Waals surface area (Å²) in [7, 11) is 0. The van der Waals surface area contributed by atoms with Crippen LogP contribution in [0.5, 0.6) is 0 Å². The molecule has 0 saturated heterocycles. The number of nitrogens with zero attached hydrogens (tertiary/aromatic N) is 1. The molecule has 1 heterocycles. The maximum atomic E-state index is 13.2. The fourth-order valence-electron chi connectivity index (χ4n) is 2.88. The molecule has 0 unspecified atom stereocenters. The molecule has 22 heavy (non-hydrogen) atoms. The second-order valence-corrected chi connectivity index (χ2v) is 5.53. The molecule has 0 N–H and O–H groups in total. The average molecular weight is 303 g/mol. The number of hydrogen-bond donors (Lipinski definition) is 0. The molecule has 114 valence electrons. The van der Waals surface area contributed by atoms with Crippen molar-refractivity contribution < 1.29 is 13.2 Å². The Morgan fingerprint density at radius 2 is 1.68 bits per heavy atom. The van der Waals surface area contributed by atoms with Gasteiger partial charge >= 0.3 is 6.18 Å². The van der Waals surface area contributed by atoms with Crippen LogP contribution < -0.4 is 0 Å². The zero-order valence-electron chi connectivity index (χ0n) is 12.0. The number of fused-ring (bicyclic) bond motifs is 1. The van der Waals surface area contributed by atoms with Gasteiger partial charge in [0, 0.05) is 19.6 Å². The summed E-state index contributed by atoms with van der Waals surface area (Å²) in [5.41, 5.74) is 2.62. The number of rotatable bonds is 3. The van der Waals surface area contributed by atoms with Crippen molar-refractivity contribution in [2.75, 3.05) is 0 Å². The van der Waals surface area contributed by atoms with E-state index in [1.54, 1.807) is 12.1 Å². The number of hydrogen-bond acceptors (Lipinski definition) is 1. The first-order chi connectivity index (χ1) is 10.5. The van der Waals surface area contributed by atoms with Crippen molar-refractivity contribution in [3.05, 3.63) is 76.9 Å². The number of alkyl halides is 3. The molecule has 1 aliphatic heterocycles. The SMILES string of the molecule is C=Cc1ccc(CN2Cc3ccccc3C2)c(C(F)(F)F)c1. The molecule has 0 aliphatic carbocycles. The van der Waals surface area contributed by atoms with Crippen LogP contribution in [0.1, 0.15) is 27.8 Å². The quantitative estimate of drug-likeness (QED) is 0.782. The second-order valence-electron chi connectivity index (χ2n) is 5.53. The van der Waals surface area contributed by atoms with Crippen LogP contribution in [0.2, 0.25) is 0 Å². The lowest BCUT2D eigenvalue weighted by Crippen LogP contribution is -2.19. The Hall–Kier alpha value is -2.07. The fraction of sp³-hybridized carbons (Fsp3) is 0.222. The molecule has 0 bridgehead atoms. The molecule has 0 spiro atoms. The average Bonchev–Trinajstić information content (AvgIpc) is 2.88. The van der Waals surface area contributed by atoms with Gasteiger partial charge in [0.2, 0.25) is 0 Å². The van der Waals surface area contributed by atoms with Gasteiger partial charge in [-0.2, -0.15) is 13.2 Å². The van der Waals surface area contributed by atoms with Crippen molar-refractivity contribution in [1.29, 1.82) is 0 Å². The van der Waals surface area contributed by atoms with Gasteiger partial charge in [-0.15, -0.1) is 0 Å². The third kappa shape index (κ3) is 2.92. The summed E-state index contributed by atoms with van der Waals surface area (Å²) in [4.78, 5) is 2.03. The van der Waals surface area contributed by atoms with E-state index >= 15 is 0 Å². The minimum atomic E-state index is -4.35. The molecule has 0 saturated carbocycles. The Bertz CT molecular complexity index is 679. The van der Waals surface area contributed by atoms with Gasteiger partial charge in [-0.25, -0.2) is 0 Å². The predicted molar refractivity (Wildman–Crippen MR) is 80.9 cm³/mol. The van der Waals surface area contributed by atoms with E-state index in [4.69, 9.17) is 0 Å². The van der Waals surface area contributed by atoms with Gasteiger partial charge in [0.15, 0.2) is 0 Å². The highest BCUT2D eigenvalue weighted by molar-refractivity contribution is 5.50. The smallest absolute Gasteiger partial charge is 0.291 e. The van der Waals surface area contributed by atoms with E-state index in [0.717, 1.165) is 0 Å². The first-order valence-corrected chi connectivity index (χ1v) is 7.09. The Morgan fingerprint density at radius 3 is 2.23 bits per heavy atom. The minimum absolute atomic E-state index is 0.293. The van der Waals surface area contributed by atoms with Crippen molar-refractivity contribution in [3.63, 3.8) is 0 Å². The van der Waals surface area contributed by atoms with Crippen LogP contribution in [0.25, 0.3) is 6.08 Å². The third-order valence-corrected chi connectivity index (χ3v) is 3.98. The van der Waals surface area contributed by atoms with E-state index in [2.05, 4.69) is 6.58 Å². The molecule has 0 aromatic heterocycles. The highest BCUT2D eigenvalue weighted by Crippen LogP contribution is 2.34. The lowest BCUT2D eigenvalue weighted by molar-refractivity contribution is -0.138. The minimum Gasteiger partial charge on any atom is -0.291 e. The van der Waals surface area contributed by atoms with Gasteiger partial charge in [0.25, 0.3) is 0 Å². The summed E-state index contributed by atoms with van der Waals surface area (Å²) < 4.78 is 39.7. The van der Waals surface area contributed by atoms with E-state index in [-0.39, 0.29) is 0 Å². The molecule has 1 aliphatic rings. The van der Waals surface area contributed by atoms with Crippen LogP contribution in [0.15, 0.2) is 49.0 Å². The highest BCUT2D eigenvalue weighted by atomic mass is 19.4. The zero-order chi connectivity index (χ0) is 15.7. The largest absolute Gasteiger partial charge is 0.416 e. The van der Waals surface area contributed by atoms with Crippen molar-refractivity contribution in [2.45, 2.75) is 25.8 Å². The van der Waals surface area contributed by atoms with Crippen molar-refractivity contribution in [2.24, 2.45) is 0 Å². The molecular weight excluding hydrogens is 287 g/mol. The van der Waals surface area contributed by atoms with E-state index in [9.17, 15) is 13.2 Å². The highest BCUT2D eigenvalue weighted by Gasteiger charge is 2.34. The van der Waals surface area contributed by atoms with Crippen molar-refractivity contribution in [3.8, 4) is 0 Å². The van der Waals surface area contributed by atoms with E-state index in [1.807, 2.05) is 29.2 Å². The summed E-state index contributed by atoms with van der Waals surface area (Å²) in [6.07, 6.45) is -2.91. The van der Waals surface area contributed by atoms with Crippen LogP contribution in [-0.4, -0.2) is 4.90 Å². The van der Waals surface area contributed by atoms with Crippen molar-refractivity contribution in [1.82, 2.24) is 4.90 Å². The maximum Gasteiger partial charge on any atom is 0.416 e. The number of halogens is 3. The fourth-order valence-corrected chi connectivity index (χ4v) is 2.88. The molecule has 1 nitrogen and oxygen atoms in total. The second kappa shape index (κ2) is 5.61. The topological polar surface area (TPSA) is 3.24 Å². The van der Waals surface area contributed by atoms with Crippen LogP contribution >= 0.6 is 0 Å². The Kier molecular flexibility index (Phi) is 3.79. The summed E-state index contributed by atoms with van der Waals surface area (Å²) in [5.74, 6) is 0. The Morgan fingerprint density at radius 1 is 1.05 bits per heavy atom. The van der Waals surface area contributed by atoms with Crippen molar-refractivity contribution >= 4 is 6.08 Å². The summed E-state index contributed by atoms with van der Waals surface area (Å²) in [6, 6.07) is 12.4. The van der Waals surface area contributed by atoms with E-state index in [0.29, 0.717) is 30.8 Å². The number of benzene rings is 2. The molecule has 0 fully saturated rings. The van der Waals surface area contributed by atoms with Gasteiger partial charge in [-0.3, -0.25) is 4.90 Å². The molecular formula is C18H16F3N. The zero-order valence-corrected chi connectivity index (χ0v) is 12.0. The molecule has 3 rings (SSSR count). The predicted octanol–water partition coefficient (Wildman–Crippen LogP) is 4.86. The first-order valence-electron chi connectivity index (χ1n) is 7.09. The maximum absolute atomic E-state index is 13.2. The van der Waals surface area contributed by atoms with E-state index < -0.39 is 11.7 Å². The Labute approximate surface area is 127 Å². The molecule has 0 amide bonds. The van der Waals surface area contributed by atoms with Gasteiger partial charge in [-0.1, -0.05) is 49.1 Å². The monoisotopic (exact) mass is 303 g/mol. The van der Waals surface area contributed by atoms with Crippen LogP contribution in [0.3, 0.4) is 0 Å². The molecule has 0 atom stereocenters.